The molecule has 1 heterocycles. The summed E-state index contributed by atoms with van der Waals surface area (Å²) in [6.07, 6.45) is -0.795. The van der Waals surface area contributed by atoms with Crippen LogP contribution >= 0.6 is 0 Å². The highest BCUT2D eigenvalue weighted by Gasteiger charge is 2.34. The van der Waals surface area contributed by atoms with E-state index in [-0.39, 0.29) is 18.8 Å². The van der Waals surface area contributed by atoms with Crippen molar-refractivity contribution < 1.29 is 38.5 Å². The summed E-state index contributed by atoms with van der Waals surface area (Å²) in [6.45, 7) is 13.2. The van der Waals surface area contributed by atoms with Crippen molar-refractivity contribution in [3.8, 4) is 0 Å². The Balaban J connectivity index is 3.31. The van der Waals surface area contributed by atoms with Crippen LogP contribution in [0.1, 0.15) is 59.6 Å². The predicted molar refractivity (Wildman–Crippen MR) is 115 cm³/mol. The number of aryl methyl sites for hydroxylation is 1. The number of rotatable bonds is 6. The fraction of sp³-hybridized carbons (Fsp3) is 0.591. The molecule has 2 amide bonds. The van der Waals surface area contributed by atoms with Crippen LogP contribution in [0, 0.1) is 12.8 Å². The smallest absolute Gasteiger partial charge is 0.425 e. The molecular formula is C22H32N2O8. The van der Waals surface area contributed by atoms with Gasteiger partial charge in [-0.25, -0.2) is 14.6 Å². The molecule has 1 aromatic rings. The first-order valence-electron chi connectivity index (χ1n) is 10.2. The largest absolute Gasteiger partial charge is 0.481 e. The van der Waals surface area contributed by atoms with Crippen LogP contribution < -0.4 is 4.90 Å². The molecule has 10 heteroatoms. The Morgan fingerprint density at radius 2 is 1.53 bits per heavy atom. The molecule has 1 N–H and O–H groups in total. The second-order valence-corrected chi connectivity index (χ2v) is 9.11. The highest BCUT2D eigenvalue weighted by Crippen LogP contribution is 2.23. The van der Waals surface area contributed by atoms with Gasteiger partial charge in [-0.2, -0.15) is 4.90 Å². The van der Waals surface area contributed by atoms with Gasteiger partial charge in [0.25, 0.3) is 0 Å². The van der Waals surface area contributed by atoms with Gasteiger partial charge in [0.1, 0.15) is 17.0 Å². The number of carbonyl (C=O) groups is 4. The first-order chi connectivity index (χ1) is 14.6. The van der Waals surface area contributed by atoms with Crippen molar-refractivity contribution in [1.29, 1.82) is 0 Å². The van der Waals surface area contributed by atoms with E-state index in [0.717, 1.165) is 0 Å². The third-order valence-electron chi connectivity index (χ3n) is 3.88. The van der Waals surface area contributed by atoms with Crippen LogP contribution in [0.4, 0.5) is 15.4 Å². The molecule has 0 bridgehead atoms. The number of nitrogens with zero attached hydrogens (tertiary/aromatic N) is 2. The van der Waals surface area contributed by atoms with E-state index in [1.807, 2.05) is 0 Å². The lowest BCUT2D eigenvalue weighted by Gasteiger charge is -2.28. The normalized spacial score (nSPS) is 12.5. The molecule has 0 aromatic carbocycles. The van der Waals surface area contributed by atoms with Crippen molar-refractivity contribution >= 4 is 29.9 Å². The highest BCUT2D eigenvalue weighted by molar-refractivity contribution is 6.08. The van der Waals surface area contributed by atoms with E-state index in [0.29, 0.717) is 16.0 Å². The van der Waals surface area contributed by atoms with Gasteiger partial charge in [0.2, 0.25) is 0 Å². The molecule has 1 rings (SSSR count). The minimum Gasteiger partial charge on any atom is -0.481 e. The summed E-state index contributed by atoms with van der Waals surface area (Å²) < 4.78 is 15.5. The van der Waals surface area contributed by atoms with Crippen molar-refractivity contribution in [3.63, 3.8) is 0 Å². The number of hydrogen-bond donors (Lipinski definition) is 1. The lowest BCUT2D eigenvalue weighted by Crippen LogP contribution is -2.44. The minimum absolute atomic E-state index is 0.0551. The standard InChI is InChI=1S/C22H32N2O8/c1-9-30-18(27)15(17(25)26)11-14-12-23-16(10-13(14)2)24(19(28)31-21(3,4)5)20(29)32-22(6,7)8/h10,12,15H,9,11H2,1-8H3,(H,25,26). The van der Waals surface area contributed by atoms with Crippen LogP contribution in [-0.2, 0) is 30.2 Å². The Morgan fingerprint density at radius 1 is 1.03 bits per heavy atom. The Bertz CT molecular complexity index is 840. The fourth-order valence-corrected chi connectivity index (χ4v) is 2.52. The van der Waals surface area contributed by atoms with E-state index in [2.05, 4.69) is 4.98 Å². The number of pyridine rings is 1. The summed E-state index contributed by atoms with van der Waals surface area (Å²) in [5.74, 6) is -3.64. The van der Waals surface area contributed by atoms with Gasteiger partial charge in [-0.15, -0.1) is 0 Å². The molecule has 0 saturated heterocycles. The first kappa shape index (κ1) is 26.9. The monoisotopic (exact) mass is 452 g/mol. The second kappa shape index (κ2) is 10.4. The number of carboxylic acids is 1. The van der Waals surface area contributed by atoms with E-state index in [1.54, 1.807) is 55.4 Å². The molecule has 0 radical (unpaired) electrons. The third-order valence-corrected chi connectivity index (χ3v) is 3.88. The van der Waals surface area contributed by atoms with Crippen molar-refractivity contribution in [3.05, 3.63) is 23.4 Å². The van der Waals surface area contributed by atoms with E-state index >= 15 is 0 Å². The van der Waals surface area contributed by atoms with Gasteiger partial charge in [0, 0.05) is 6.20 Å². The van der Waals surface area contributed by atoms with Gasteiger partial charge < -0.3 is 19.3 Å². The molecule has 32 heavy (non-hydrogen) atoms. The lowest BCUT2D eigenvalue weighted by molar-refractivity contribution is -0.158. The van der Waals surface area contributed by atoms with E-state index in [4.69, 9.17) is 14.2 Å². The van der Waals surface area contributed by atoms with Gasteiger partial charge in [-0.3, -0.25) is 9.59 Å². The Morgan fingerprint density at radius 3 is 1.91 bits per heavy atom. The maximum atomic E-state index is 12.7. The van der Waals surface area contributed by atoms with Gasteiger partial charge in [-0.05, 0) is 79.0 Å². The van der Waals surface area contributed by atoms with E-state index in [1.165, 1.54) is 12.3 Å². The Kier molecular flexibility index (Phi) is 8.75. The Hall–Kier alpha value is -3.17. The quantitative estimate of drug-likeness (QED) is 0.388. The van der Waals surface area contributed by atoms with Gasteiger partial charge in [0.05, 0.1) is 6.61 Å². The topological polar surface area (TPSA) is 132 Å². The van der Waals surface area contributed by atoms with E-state index < -0.39 is 41.2 Å². The summed E-state index contributed by atoms with van der Waals surface area (Å²) in [4.78, 5) is 53.7. The summed E-state index contributed by atoms with van der Waals surface area (Å²) in [6, 6.07) is 1.42. The van der Waals surface area contributed by atoms with Crippen LogP contribution in [0.15, 0.2) is 12.3 Å². The number of anilines is 1. The maximum Gasteiger partial charge on any atom is 0.425 e. The summed E-state index contributed by atoms with van der Waals surface area (Å²) in [7, 11) is 0. The zero-order valence-corrected chi connectivity index (χ0v) is 19.8. The zero-order valence-electron chi connectivity index (χ0n) is 19.8. The summed E-state index contributed by atoms with van der Waals surface area (Å²) in [5.41, 5.74) is -0.786. The number of ether oxygens (including phenoxy) is 3. The molecule has 0 spiro atoms. The van der Waals surface area contributed by atoms with Gasteiger partial charge in [-0.1, -0.05) is 0 Å². The van der Waals surface area contributed by atoms with E-state index in [9.17, 15) is 24.3 Å². The maximum absolute atomic E-state index is 12.7. The molecule has 178 valence electrons. The number of aromatic nitrogens is 1. The molecule has 0 aliphatic rings. The van der Waals surface area contributed by atoms with Crippen molar-refractivity contribution in [2.45, 2.75) is 73.0 Å². The second-order valence-electron chi connectivity index (χ2n) is 9.11. The van der Waals surface area contributed by atoms with Crippen LogP contribution in [0.3, 0.4) is 0 Å². The number of aliphatic carboxylic acids is 1. The fourth-order valence-electron chi connectivity index (χ4n) is 2.52. The molecule has 1 atom stereocenters. The molecule has 10 nitrogen and oxygen atoms in total. The number of carboxylic acid groups (broad SMARTS) is 1. The van der Waals surface area contributed by atoms with Gasteiger partial charge >= 0.3 is 24.1 Å². The number of hydrogen-bond acceptors (Lipinski definition) is 8. The van der Waals surface area contributed by atoms with Crippen LogP contribution in [0.25, 0.3) is 0 Å². The predicted octanol–water partition coefficient (Wildman–Crippen LogP) is 3.87. The van der Waals surface area contributed by atoms with Crippen molar-refractivity contribution in [2.75, 3.05) is 11.5 Å². The number of carbonyl (C=O) groups excluding carboxylic acids is 3. The molecule has 0 aliphatic heterocycles. The number of amides is 2. The summed E-state index contributed by atoms with van der Waals surface area (Å²) >= 11 is 0. The molecule has 0 fully saturated rings. The molecule has 1 aromatic heterocycles. The molecular weight excluding hydrogens is 420 g/mol. The van der Waals surface area contributed by atoms with Crippen molar-refractivity contribution in [1.82, 2.24) is 4.98 Å². The number of imide groups is 1. The van der Waals surface area contributed by atoms with Crippen molar-refractivity contribution in [2.24, 2.45) is 5.92 Å². The van der Waals surface area contributed by atoms with Gasteiger partial charge in [0.15, 0.2) is 5.92 Å². The zero-order chi connectivity index (χ0) is 24.9. The first-order valence-corrected chi connectivity index (χ1v) is 10.2. The summed E-state index contributed by atoms with van der Waals surface area (Å²) in [5, 5.41) is 9.38. The average Bonchev–Trinajstić information content (AvgIpc) is 2.57. The van der Waals surface area contributed by atoms with Crippen LogP contribution in [0.2, 0.25) is 0 Å². The third kappa shape index (κ3) is 8.16. The lowest BCUT2D eigenvalue weighted by atomic mass is 9.97. The van der Waals surface area contributed by atoms with Crippen LogP contribution in [0.5, 0.6) is 0 Å². The SMILES string of the molecule is CCOC(=O)C(Cc1cnc(N(C(=O)OC(C)(C)C)C(=O)OC(C)(C)C)cc1C)C(=O)O. The molecule has 0 aliphatic carbocycles. The number of esters is 1. The molecule has 1 unspecified atom stereocenters. The minimum atomic E-state index is -1.41. The van der Waals surface area contributed by atoms with Crippen LogP contribution in [-0.4, -0.2) is 52.0 Å². The highest BCUT2D eigenvalue weighted by atomic mass is 16.6. The Labute approximate surface area is 187 Å². The molecule has 0 saturated carbocycles. The average molecular weight is 453 g/mol.